The van der Waals surface area contributed by atoms with Gasteiger partial charge in [-0.05, 0) is 17.0 Å². The first kappa shape index (κ1) is 11.0. The summed E-state index contributed by atoms with van der Waals surface area (Å²) in [7, 11) is 0. The van der Waals surface area contributed by atoms with Gasteiger partial charge in [0.15, 0.2) is 0 Å². The van der Waals surface area contributed by atoms with Crippen LogP contribution >= 0.6 is 0 Å². The Balaban J connectivity index is 3.07. The largest absolute Gasteiger partial charge is 0.395 e. The van der Waals surface area contributed by atoms with Crippen LogP contribution in [0.3, 0.4) is 0 Å². The highest BCUT2D eigenvalue weighted by atomic mass is 16.3. The second-order valence-corrected chi connectivity index (χ2v) is 4.42. The number of hydrogen-bond donors (Lipinski definition) is 1. The Morgan fingerprint density at radius 1 is 1.43 bits per heavy atom. The van der Waals surface area contributed by atoms with E-state index in [-0.39, 0.29) is 17.6 Å². The summed E-state index contributed by atoms with van der Waals surface area (Å²) in [6.45, 7) is 6.56. The molecule has 0 aliphatic rings. The first-order chi connectivity index (χ1) is 6.45. The molecule has 0 bridgehead atoms. The van der Waals surface area contributed by atoms with Crippen molar-refractivity contribution < 1.29 is 5.11 Å². The number of nitrogens with zero attached hydrogens (tertiary/aromatic N) is 1. The van der Waals surface area contributed by atoms with Gasteiger partial charge in [-0.25, -0.2) is 0 Å². The SMILES string of the molecule is CC(C)(C)c1ccn(CCO)c(=O)c1. The highest BCUT2D eigenvalue weighted by molar-refractivity contribution is 5.19. The molecule has 1 rings (SSSR count). The molecule has 0 amide bonds. The summed E-state index contributed by atoms with van der Waals surface area (Å²) in [4.78, 5) is 11.5. The van der Waals surface area contributed by atoms with E-state index in [1.807, 2.05) is 6.07 Å². The Labute approximate surface area is 84.0 Å². The van der Waals surface area contributed by atoms with Crippen LogP contribution in [0.4, 0.5) is 0 Å². The van der Waals surface area contributed by atoms with Crippen molar-refractivity contribution in [2.24, 2.45) is 0 Å². The van der Waals surface area contributed by atoms with Gasteiger partial charge in [-0.1, -0.05) is 20.8 Å². The maximum absolute atomic E-state index is 11.5. The van der Waals surface area contributed by atoms with Gasteiger partial charge < -0.3 is 9.67 Å². The first-order valence-electron chi connectivity index (χ1n) is 4.77. The van der Waals surface area contributed by atoms with Gasteiger partial charge >= 0.3 is 0 Å². The summed E-state index contributed by atoms with van der Waals surface area (Å²) in [5.41, 5.74) is 0.973. The molecule has 1 N–H and O–H groups in total. The zero-order valence-electron chi connectivity index (χ0n) is 8.95. The van der Waals surface area contributed by atoms with Crippen LogP contribution in [-0.2, 0) is 12.0 Å². The van der Waals surface area contributed by atoms with Crippen molar-refractivity contribution in [3.63, 3.8) is 0 Å². The lowest BCUT2D eigenvalue weighted by Gasteiger charge is -2.19. The van der Waals surface area contributed by atoms with Crippen molar-refractivity contribution >= 4 is 0 Å². The Morgan fingerprint density at radius 3 is 2.50 bits per heavy atom. The minimum absolute atomic E-state index is 0.00252. The fourth-order valence-corrected chi connectivity index (χ4v) is 1.27. The topological polar surface area (TPSA) is 42.2 Å². The molecule has 1 aromatic heterocycles. The van der Waals surface area contributed by atoms with Crippen molar-refractivity contribution in [1.29, 1.82) is 0 Å². The molecule has 0 aliphatic carbocycles. The number of rotatable bonds is 2. The third-order valence-electron chi connectivity index (χ3n) is 2.20. The Morgan fingerprint density at radius 2 is 2.07 bits per heavy atom. The molecule has 0 aromatic carbocycles. The number of aliphatic hydroxyl groups excluding tert-OH is 1. The van der Waals surface area contributed by atoms with Crippen LogP contribution in [-0.4, -0.2) is 16.3 Å². The predicted molar refractivity (Wildman–Crippen MR) is 56.5 cm³/mol. The van der Waals surface area contributed by atoms with Crippen molar-refractivity contribution in [3.05, 3.63) is 34.2 Å². The smallest absolute Gasteiger partial charge is 0.250 e. The molecular weight excluding hydrogens is 178 g/mol. The van der Waals surface area contributed by atoms with Gasteiger partial charge in [0.2, 0.25) is 0 Å². The molecule has 14 heavy (non-hydrogen) atoms. The number of aliphatic hydroxyl groups is 1. The van der Waals surface area contributed by atoms with Crippen LogP contribution in [0.1, 0.15) is 26.3 Å². The maximum atomic E-state index is 11.5. The van der Waals surface area contributed by atoms with E-state index in [2.05, 4.69) is 20.8 Å². The summed E-state index contributed by atoms with van der Waals surface area (Å²) < 4.78 is 1.51. The zero-order chi connectivity index (χ0) is 10.8. The van der Waals surface area contributed by atoms with E-state index in [0.717, 1.165) is 5.56 Å². The van der Waals surface area contributed by atoms with E-state index >= 15 is 0 Å². The normalized spacial score (nSPS) is 11.7. The molecule has 1 heterocycles. The molecular formula is C11H17NO2. The molecule has 0 fully saturated rings. The van der Waals surface area contributed by atoms with Gasteiger partial charge in [0.1, 0.15) is 0 Å². The monoisotopic (exact) mass is 195 g/mol. The van der Waals surface area contributed by atoms with Gasteiger partial charge in [-0.3, -0.25) is 4.79 Å². The van der Waals surface area contributed by atoms with Gasteiger partial charge in [-0.15, -0.1) is 0 Å². The Bertz CT molecular complexity index is 360. The summed E-state index contributed by atoms with van der Waals surface area (Å²) in [6, 6.07) is 3.56. The van der Waals surface area contributed by atoms with E-state index in [4.69, 9.17) is 5.11 Å². The lowest BCUT2D eigenvalue weighted by Crippen LogP contribution is -2.23. The van der Waals surface area contributed by atoms with Crippen molar-refractivity contribution in [2.75, 3.05) is 6.61 Å². The summed E-state index contributed by atoms with van der Waals surface area (Å²) in [5, 5.41) is 8.71. The number of pyridine rings is 1. The third kappa shape index (κ3) is 2.45. The lowest BCUT2D eigenvalue weighted by atomic mass is 9.88. The van der Waals surface area contributed by atoms with Crippen LogP contribution < -0.4 is 5.56 Å². The van der Waals surface area contributed by atoms with Crippen molar-refractivity contribution in [1.82, 2.24) is 4.57 Å². The molecule has 3 heteroatoms. The van der Waals surface area contributed by atoms with Crippen LogP contribution in [0.2, 0.25) is 0 Å². The number of hydrogen-bond acceptors (Lipinski definition) is 2. The average molecular weight is 195 g/mol. The van der Waals surface area contributed by atoms with E-state index in [1.165, 1.54) is 4.57 Å². The molecule has 0 saturated carbocycles. The Kier molecular flexibility index (Phi) is 3.11. The molecule has 0 saturated heterocycles. The molecule has 0 atom stereocenters. The van der Waals surface area contributed by atoms with Gasteiger partial charge in [-0.2, -0.15) is 0 Å². The highest BCUT2D eigenvalue weighted by Gasteiger charge is 2.14. The molecule has 0 radical (unpaired) electrons. The minimum Gasteiger partial charge on any atom is -0.395 e. The van der Waals surface area contributed by atoms with Gasteiger partial charge in [0, 0.05) is 18.8 Å². The van der Waals surface area contributed by atoms with Crippen LogP contribution in [0.5, 0.6) is 0 Å². The standard InChI is InChI=1S/C11H17NO2/c1-11(2,3)9-4-5-12(6-7-13)10(14)8-9/h4-5,8,13H,6-7H2,1-3H3. The van der Waals surface area contributed by atoms with Crippen molar-refractivity contribution in [3.8, 4) is 0 Å². The van der Waals surface area contributed by atoms with Crippen LogP contribution in [0.15, 0.2) is 23.1 Å². The quantitative estimate of drug-likeness (QED) is 0.769. The predicted octanol–water partition coefficient (Wildman–Crippen LogP) is 1.14. The molecule has 1 aromatic rings. The average Bonchev–Trinajstić information content (AvgIpc) is 2.07. The van der Waals surface area contributed by atoms with Crippen LogP contribution in [0, 0.1) is 0 Å². The molecule has 0 spiro atoms. The first-order valence-corrected chi connectivity index (χ1v) is 4.77. The fraction of sp³-hybridized carbons (Fsp3) is 0.545. The summed E-state index contributed by atoms with van der Waals surface area (Å²) in [6.07, 6.45) is 1.74. The maximum Gasteiger partial charge on any atom is 0.250 e. The molecule has 0 aliphatic heterocycles. The lowest BCUT2D eigenvalue weighted by molar-refractivity contribution is 0.274. The van der Waals surface area contributed by atoms with E-state index in [9.17, 15) is 4.79 Å². The molecule has 0 unspecified atom stereocenters. The second kappa shape index (κ2) is 3.96. The third-order valence-corrected chi connectivity index (χ3v) is 2.20. The minimum atomic E-state index is -0.0496. The second-order valence-electron chi connectivity index (χ2n) is 4.42. The molecule has 3 nitrogen and oxygen atoms in total. The van der Waals surface area contributed by atoms with Crippen molar-refractivity contribution in [2.45, 2.75) is 32.7 Å². The summed E-state index contributed by atoms with van der Waals surface area (Å²) >= 11 is 0. The summed E-state index contributed by atoms with van der Waals surface area (Å²) in [5.74, 6) is 0. The van der Waals surface area contributed by atoms with E-state index in [0.29, 0.717) is 6.54 Å². The molecule has 78 valence electrons. The van der Waals surface area contributed by atoms with Crippen LogP contribution in [0.25, 0.3) is 0 Å². The number of aromatic nitrogens is 1. The zero-order valence-corrected chi connectivity index (χ0v) is 8.95. The van der Waals surface area contributed by atoms with Gasteiger partial charge in [0.05, 0.1) is 6.61 Å². The Hall–Kier alpha value is -1.09. The highest BCUT2D eigenvalue weighted by Crippen LogP contribution is 2.19. The van der Waals surface area contributed by atoms with E-state index < -0.39 is 0 Å². The van der Waals surface area contributed by atoms with Gasteiger partial charge in [0.25, 0.3) is 5.56 Å². The fourth-order valence-electron chi connectivity index (χ4n) is 1.27. The van der Waals surface area contributed by atoms with E-state index in [1.54, 1.807) is 12.3 Å².